The zero-order chi connectivity index (χ0) is 27.1. The van der Waals surface area contributed by atoms with E-state index in [0.717, 1.165) is 16.7 Å². The van der Waals surface area contributed by atoms with E-state index in [1.54, 1.807) is 42.5 Å². The number of nitrogens with one attached hydrogen (secondary N) is 1. The number of carboxylic acid groups (broad SMARTS) is 1. The van der Waals surface area contributed by atoms with E-state index >= 15 is 0 Å². The monoisotopic (exact) mass is 509 g/mol. The van der Waals surface area contributed by atoms with Gasteiger partial charge in [0, 0.05) is 18.0 Å². The van der Waals surface area contributed by atoms with Gasteiger partial charge in [-0.2, -0.15) is 0 Å². The number of hydrogen-bond acceptors (Lipinski definition) is 4. The Balaban J connectivity index is 1.45. The molecule has 4 aromatic carbocycles. The SMILES string of the molecule is Cc1cc(Oc2cccc(C(=O)NCC(c3ccccc3)c3ccccc3)c2)ccc1OC(C)(C)C(=O)O. The first-order valence-electron chi connectivity index (χ1n) is 12.4. The summed E-state index contributed by atoms with van der Waals surface area (Å²) in [6, 6.07) is 32.4. The van der Waals surface area contributed by atoms with E-state index < -0.39 is 11.6 Å². The van der Waals surface area contributed by atoms with Crippen molar-refractivity contribution in [3.8, 4) is 17.2 Å². The molecule has 0 aliphatic rings. The largest absolute Gasteiger partial charge is 0.478 e. The Morgan fingerprint density at radius 3 is 2.00 bits per heavy atom. The minimum atomic E-state index is -1.35. The molecule has 194 valence electrons. The number of hydrogen-bond donors (Lipinski definition) is 2. The van der Waals surface area contributed by atoms with Crippen molar-refractivity contribution in [1.29, 1.82) is 0 Å². The summed E-state index contributed by atoms with van der Waals surface area (Å²) in [4.78, 5) is 24.4. The summed E-state index contributed by atoms with van der Waals surface area (Å²) in [5, 5.41) is 12.4. The lowest BCUT2D eigenvalue weighted by Gasteiger charge is -2.23. The lowest BCUT2D eigenvalue weighted by Crippen LogP contribution is -2.38. The molecule has 0 aromatic heterocycles. The van der Waals surface area contributed by atoms with Crippen LogP contribution in [0, 0.1) is 6.92 Å². The van der Waals surface area contributed by atoms with E-state index in [-0.39, 0.29) is 11.8 Å². The fourth-order valence-corrected chi connectivity index (χ4v) is 4.05. The molecule has 0 bridgehead atoms. The van der Waals surface area contributed by atoms with Crippen LogP contribution in [0.25, 0.3) is 0 Å². The van der Waals surface area contributed by atoms with E-state index in [1.165, 1.54) is 13.8 Å². The minimum absolute atomic E-state index is 0.0237. The number of aliphatic carboxylic acids is 1. The molecule has 4 aromatic rings. The first kappa shape index (κ1) is 26.5. The number of carbonyl (C=O) groups excluding carboxylic acids is 1. The van der Waals surface area contributed by atoms with Crippen LogP contribution in [-0.2, 0) is 4.79 Å². The van der Waals surface area contributed by atoms with Gasteiger partial charge in [0.2, 0.25) is 0 Å². The van der Waals surface area contributed by atoms with Gasteiger partial charge in [-0.1, -0.05) is 66.7 Å². The van der Waals surface area contributed by atoms with Crippen LogP contribution in [0.5, 0.6) is 17.2 Å². The van der Waals surface area contributed by atoms with Crippen molar-refractivity contribution in [2.75, 3.05) is 6.54 Å². The van der Waals surface area contributed by atoms with Crippen molar-refractivity contribution < 1.29 is 24.2 Å². The standard InChI is InChI=1S/C32H31NO5/c1-22-19-27(17-18-29(22)38-32(2,3)31(35)36)37-26-16-10-15-25(20-26)30(34)33-21-28(23-11-6-4-7-12-23)24-13-8-5-9-14-24/h4-20,28H,21H2,1-3H3,(H,33,34)(H,35,36). The van der Waals surface area contributed by atoms with Crippen LogP contribution >= 0.6 is 0 Å². The summed E-state index contributed by atoms with van der Waals surface area (Å²) in [6.45, 7) is 5.26. The van der Waals surface area contributed by atoms with E-state index in [1.807, 2.05) is 43.3 Å². The number of carbonyl (C=O) groups is 2. The summed E-state index contributed by atoms with van der Waals surface area (Å²) in [5.41, 5.74) is 2.13. The zero-order valence-corrected chi connectivity index (χ0v) is 21.7. The smallest absolute Gasteiger partial charge is 0.347 e. The van der Waals surface area contributed by atoms with Crippen LogP contribution in [-0.4, -0.2) is 29.1 Å². The fourth-order valence-electron chi connectivity index (χ4n) is 4.05. The number of carboxylic acids is 1. The number of aryl methyl sites for hydroxylation is 1. The van der Waals surface area contributed by atoms with Gasteiger partial charge in [-0.05, 0) is 73.9 Å². The zero-order valence-electron chi connectivity index (χ0n) is 21.7. The van der Waals surface area contributed by atoms with Crippen molar-refractivity contribution in [3.05, 3.63) is 125 Å². The number of rotatable bonds is 10. The second-order valence-electron chi connectivity index (χ2n) is 9.56. The summed E-state index contributed by atoms with van der Waals surface area (Å²) >= 11 is 0. The highest BCUT2D eigenvalue weighted by molar-refractivity contribution is 5.94. The average Bonchev–Trinajstić information content (AvgIpc) is 2.91. The van der Waals surface area contributed by atoms with Crippen LogP contribution in [0.15, 0.2) is 103 Å². The molecule has 0 saturated heterocycles. The summed E-state index contributed by atoms with van der Waals surface area (Å²) in [7, 11) is 0. The molecule has 0 unspecified atom stereocenters. The van der Waals surface area contributed by atoms with Crippen molar-refractivity contribution in [3.63, 3.8) is 0 Å². The molecule has 6 heteroatoms. The highest BCUT2D eigenvalue weighted by Crippen LogP contribution is 2.30. The molecule has 0 fully saturated rings. The van der Waals surface area contributed by atoms with E-state index in [4.69, 9.17) is 9.47 Å². The molecule has 0 radical (unpaired) electrons. The van der Waals surface area contributed by atoms with Crippen LogP contribution in [0.3, 0.4) is 0 Å². The van der Waals surface area contributed by atoms with Crippen LogP contribution < -0.4 is 14.8 Å². The lowest BCUT2D eigenvalue weighted by molar-refractivity contribution is -0.152. The van der Waals surface area contributed by atoms with Gasteiger partial charge in [-0.15, -0.1) is 0 Å². The molecule has 0 heterocycles. The van der Waals surface area contributed by atoms with E-state index in [2.05, 4.69) is 29.6 Å². The van der Waals surface area contributed by atoms with Crippen molar-refractivity contribution in [2.45, 2.75) is 32.3 Å². The summed E-state index contributed by atoms with van der Waals surface area (Å²) in [6.07, 6.45) is 0. The Bertz CT molecular complexity index is 1360. The number of benzene rings is 4. The van der Waals surface area contributed by atoms with Gasteiger partial charge in [-0.3, -0.25) is 4.79 Å². The van der Waals surface area contributed by atoms with E-state index in [9.17, 15) is 14.7 Å². The third kappa shape index (κ3) is 6.59. The Hall–Kier alpha value is -4.58. The molecule has 0 aliphatic carbocycles. The molecular weight excluding hydrogens is 478 g/mol. The van der Waals surface area contributed by atoms with Crippen LogP contribution in [0.1, 0.15) is 46.8 Å². The maximum absolute atomic E-state index is 13.1. The second-order valence-corrected chi connectivity index (χ2v) is 9.56. The van der Waals surface area contributed by atoms with Gasteiger partial charge in [0.25, 0.3) is 5.91 Å². The van der Waals surface area contributed by atoms with Crippen molar-refractivity contribution in [2.24, 2.45) is 0 Å². The maximum Gasteiger partial charge on any atom is 0.347 e. The quantitative estimate of drug-likeness (QED) is 0.252. The molecule has 4 rings (SSSR count). The Morgan fingerprint density at radius 2 is 1.42 bits per heavy atom. The predicted molar refractivity (Wildman–Crippen MR) is 147 cm³/mol. The molecule has 0 saturated carbocycles. The molecular formula is C32H31NO5. The highest BCUT2D eigenvalue weighted by atomic mass is 16.5. The molecule has 1 amide bonds. The molecule has 0 spiro atoms. The molecule has 38 heavy (non-hydrogen) atoms. The Morgan fingerprint density at radius 1 is 0.816 bits per heavy atom. The molecule has 0 aliphatic heterocycles. The fraction of sp³-hybridized carbons (Fsp3) is 0.188. The van der Waals surface area contributed by atoms with Gasteiger partial charge in [0.1, 0.15) is 17.2 Å². The van der Waals surface area contributed by atoms with Gasteiger partial charge < -0.3 is 19.9 Å². The Kier molecular flexibility index (Phi) is 8.12. The third-order valence-electron chi connectivity index (χ3n) is 6.23. The van der Waals surface area contributed by atoms with Crippen molar-refractivity contribution >= 4 is 11.9 Å². The van der Waals surface area contributed by atoms with Gasteiger partial charge in [-0.25, -0.2) is 4.79 Å². The number of amides is 1. The van der Waals surface area contributed by atoms with Gasteiger partial charge in [0.15, 0.2) is 5.60 Å². The summed E-state index contributed by atoms with van der Waals surface area (Å²) in [5.74, 6) is 0.308. The van der Waals surface area contributed by atoms with E-state index in [0.29, 0.717) is 29.4 Å². The first-order valence-corrected chi connectivity index (χ1v) is 12.4. The van der Waals surface area contributed by atoms with Crippen LogP contribution in [0.2, 0.25) is 0 Å². The van der Waals surface area contributed by atoms with Crippen molar-refractivity contribution in [1.82, 2.24) is 5.32 Å². The lowest BCUT2D eigenvalue weighted by atomic mass is 9.91. The third-order valence-corrected chi connectivity index (χ3v) is 6.23. The summed E-state index contributed by atoms with van der Waals surface area (Å²) < 4.78 is 11.6. The average molecular weight is 510 g/mol. The molecule has 6 nitrogen and oxygen atoms in total. The number of ether oxygens (including phenoxy) is 2. The molecule has 2 N–H and O–H groups in total. The first-order chi connectivity index (χ1) is 18.2. The Labute approximate surface area is 222 Å². The topological polar surface area (TPSA) is 84.9 Å². The second kappa shape index (κ2) is 11.6. The minimum Gasteiger partial charge on any atom is -0.478 e. The maximum atomic E-state index is 13.1. The highest BCUT2D eigenvalue weighted by Gasteiger charge is 2.30. The van der Waals surface area contributed by atoms with Crippen LogP contribution in [0.4, 0.5) is 0 Å². The van der Waals surface area contributed by atoms with Gasteiger partial charge >= 0.3 is 5.97 Å². The molecule has 0 atom stereocenters. The predicted octanol–water partition coefficient (Wildman–Crippen LogP) is 6.59. The van der Waals surface area contributed by atoms with Gasteiger partial charge in [0.05, 0.1) is 0 Å². The normalized spacial score (nSPS) is 11.2.